The maximum Gasteiger partial charge on any atom is 0.245 e. The number of thiol groups is 1. The summed E-state index contributed by atoms with van der Waals surface area (Å²) in [5.41, 5.74) is 18.3. The molecule has 9 amide bonds. The molecule has 16 N–H and O–H groups in total. The minimum atomic E-state index is -1.65. The van der Waals surface area contributed by atoms with Gasteiger partial charge in [-0.15, -0.1) is 0 Å². The van der Waals surface area contributed by atoms with Gasteiger partial charge in [0.2, 0.25) is 53.2 Å². The van der Waals surface area contributed by atoms with Crippen molar-refractivity contribution < 1.29 is 48.3 Å². The number of nitrogens with two attached hydrogens (primary N) is 3. The molecule has 1 aliphatic rings. The SMILES string of the molecule is CC[C@H](C)[C@H](NC(=O)[C@@H](Cc1c[nH]c2ccccc12)NC(=O)CC1CCCCC1)C(=O)N[C@H](C(=O)N[C@@H](CN)C(=O)N[C@@H](C)C(=O)N[C@@H](CS)C(=O)N[C@@H](C)C(=O)N[C@@H](CCCN)C(N)=O)[C@@H](C)O. The molecule has 1 aromatic carbocycles. The number of hydrogen-bond donors (Lipinski definition) is 14. The van der Waals surface area contributed by atoms with Crippen molar-refractivity contribution in [1.29, 1.82) is 0 Å². The predicted molar refractivity (Wildman–Crippen MR) is 262 cm³/mol. The normalized spacial score (nSPS) is 17.2. The number of H-pyrrole nitrogens is 1. The number of aliphatic hydroxyl groups excluding tert-OH is 1. The third kappa shape index (κ3) is 17.9. The van der Waals surface area contributed by atoms with Gasteiger partial charge in [0.15, 0.2) is 0 Å². The lowest BCUT2D eigenvalue weighted by atomic mass is 9.86. The van der Waals surface area contributed by atoms with Crippen molar-refractivity contribution in [2.75, 3.05) is 18.8 Å². The van der Waals surface area contributed by atoms with Gasteiger partial charge in [-0.1, -0.05) is 57.7 Å². The highest BCUT2D eigenvalue weighted by atomic mass is 32.1. The first kappa shape index (κ1) is 57.5. The number of hydrogen-bond acceptors (Lipinski definition) is 13. The van der Waals surface area contributed by atoms with Crippen LogP contribution in [0.25, 0.3) is 10.9 Å². The first-order chi connectivity index (χ1) is 32.7. The van der Waals surface area contributed by atoms with E-state index in [0.29, 0.717) is 12.8 Å². The Balaban J connectivity index is 1.67. The van der Waals surface area contributed by atoms with E-state index in [1.807, 2.05) is 31.2 Å². The summed E-state index contributed by atoms with van der Waals surface area (Å²) in [6.07, 6.45) is 6.73. The van der Waals surface area contributed by atoms with E-state index in [-0.39, 0.29) is 43.4 Å². The van der Waals surface area contributed by atoms with Gasteiger partial charge in [-0.2, -0.15) is 12.6 Å². The molecule has 1 aromatic heterocycles. The van der Waals surface area contributed by atoms with Crippen LogP contribution in [0.15, 0.2) is 30.5 Å². The summed E-state index contributed by atoms with van der Waals surface area (Å²) in [5.74, 6) is -7.26. The number of carbonyl (C=O) groups is 9. The first-order valence-corrected chi connectivity index (χ1v) is 24.3. The minimum absolute atomic E-state index is 0.116. The van der Waals surface area contributed by atoms with Crippen LogP contribution in [0.2, 0.25) is 0 Å². The second-order valence-corrected chi connectivity index (χ2v) is 18.3. The highest BCUT2D eigenvalue weighted by molar-refractivity contribution is 7.80. The molecule has 0 unspecified atom stereocenters. The second-order valence-electron chi connectivity index (χ2n) is 17.9. The summed E-state index contributed by atoms with van der Waals surface area (Å²) in [4.78, 5) is 122. The summed E-state index contributed by atoms with van der Waals surface area (Å²) in [5, 5.41) is 31.9. The van der Waals surface area contributed by atoms with Gasteiger partial charge in [0.05, 0.1) is 6.10 Å². The van der Waals surface area contributed by atoms with Crippen molar-refractivity contribution >= 4 is 76.7 Å². The largest absolute Gasteiger partial charge is 0.391 e. The second kappa shape index (κ2) is 28.6. The van der Waals surface area contributed by atoms with Gasteiger partial charge < -0.3 is 69.8 Å². The number of nitrogens with one attached hydrogen (secondary N) is 9. The summed E-state index contributed by atoms with van der Waals surface area (Å²) >= 11 is 4.13. The van der Waals surface area contributed by atoms with Gasteiger partial charge >= 0.3 is 0 Å². The predicted octanol–water partition coefficient (Wildman–Crippen LogP) is -1.86. The molecule has 1 fully saturated rings. The Morgan fingerprint density at radius 3 is 1.81 bits per heavy atom. The standard InChI is InChI=1S/C46H74N12O10S/c1-6-24(2)37(57-42(64)33(53-36(60)19-28-13-8-7-9-14-28)20-29-22-50-31-16-11-10-15-30(29)31)45(67)58-38(27(5)59)46(68)55-34(21-48)43(65)51-26(4)41(63)56-35(23-69)44(66)52-25(3)40(62)54-32(39(49)61)17-12-18-47/h10-11,15-16,22,24-28,32-35,37-38,50,59,69H,6-9,12-14,17-21,23,47-48H2,1-5H3,(H2,49,61)(H,51,65)(H,52,66)(H,53,60)(H,54,62)(H,55,68)(H,56,63)(H,57,64)(H,58,67)/t24-,25-,26-,27+,32-,33+,34-,35-,37-,38-/m0/s1. The van der Waals surface area contributed by atoms with E-state index in [2.05, 4.69) is 60.1 Å². The zero-order chi connectivity index (χ0) is 51.4. The highest BCUT2D eigenvalue weighted by Gasteiger charge is 2.36. The quantitative estimate of drug-likeness (QED) is 0.0418. The van der Waals surface area contributed by atoms with E-state index in [0.717, 1.165) is 48.6 Å². The van der Waals surface area contributed by atoms with Gasteiger partial charge in [0, 0.05) is 42.2 Å². The summed E-state index contributed by atoms with van der Waals surface area (Å²) in [6.45, 7) is 7.22. The van der Waals surface area contributed by atoms with Crippen molar-refractivity contribution in [2.45, 2.75) is 153 Å². The highest BCUT2D eigenvalue weighted by Crippen LogP contribution is 2.26. The molecule has 1 saturated carbocycles. The van der Waals surface area contributed by atoms with Crippen LogP contribution < -0.4 is 59.7 Å². The molecule has 0 bridgehead atoms. The molecule has 3 rings (SSSR count). The fourth-order valence-corrected chi connectivity index (χ4v) is 8.14. The van der Waals surface area contributed by atoms with Crippen LogP contribution in [0.1, 0.15) is 98.0 Å². The smallest absolute Gasteiger partial charge is 0.245 e. The monoisotopic (exact) mass is 987 g/mol. The molecule has 10 atom stereocenters. The number of amides is 9. The maximum atomic E-state index is 14.2. The molecule has 0 aliphatic heterocycles. The number of para-hydroxylation sites is 1. The average molecular weight is 987 g/mol. The van der Waals surface area contributed by atoms with Crippen molar-refractivity contribution in [3.8, 4) is 0 Å². The fraction of sp³-hybridized carbons (Fsp3) is 0.630. The molecular formula is C46H74N12O10S. The topological polar surface area (TPSA) is 364 Å². The van der Waals surface area contributed by atoms with Crippen LogP contribution >= 0.6 is 12.6 Å². The van der Waals surface area contributed by atoms with Crippen molar-refractivity contribution in [3.05, 3.63) is 36.0 Å². The summed E-state index contributed by atoms with van der Waals surface area (Å²) in [7, 11) is 0. The lowest BCUT2D eigenvalue weighted by Crippen LogP contribution is -2.63. The molecule has 0 saturated heterocycles. The lowest BCUT2D eigenvalue weighted by molar-refractivity contribution is -0.137. The van der Waals surface area contributed by atoms with Crippen LogP contribution in [0.4, 0.5) is 0 Å². The molecule has 0 spiro atoms. The molecule has 384 valence electrons. The van der Waals surface area contributed by atoms with Gasteiger partial charge in [-0.05, 0) is 76.5 Å². The van der Waals surface area contributed by atoms with Crippen LogP contribution in [-0.2, 0) is 49.6 Å². The van der Waals surface area contributed by atoms with Crippen LogP contribution in [0, 0.1) is 11.8 Å². The summed E-state index contributed by atoms with van der Waals surface area (Å²) < 4.78 is 0. The van der Waals surface area contributed by atoms with E-state index in [1.54, 1.807) is 13.1 Å². The Kier molecular flexibility index (Phi) is 23.9. The van der Waals surface area contributed by atoms with E-state index in [1.165, 1.54) is 20.8 Å². The average Bonchev–Trinajstić information content (AvgIpc) is 3.73. The molecule has 0 radical (unpaired) electrons. The molecule has 1 aliphatic carbocycles. The number of primary amides is 1. The zero-order valence-electron chi connectivity index (χ0n) is 40.2. The lowest BCUT2D eigenvalue weighted by Gasteiger charge is -2.30. The van der Waals surface area contributed by atoms with Crippen molar-refractivity contribution in [3.63, 3.8) is 0 Å². The van der Waals surface area contributed by atoms with Gasteiger partial charge in [-0.25, -0.2) is 0 Å². The molecule has 69 heavy (non-hydrogen) atoms. The Morgan fingerprint density at radius 2 is 1.25 bits per heavy atom. The van der Waals surface area contributed by atoms with Crippen LogP contribution in [0.5, 0.6) is 0 Å². The third-order valence-electron chi connectivity index (χ3n) is 12.4. The molecule has 1 heterocycles. The Bertz CT molecular complexity index is 2080. The zero-order valence-corrected chi connectivity index (χ0v) is 41.1. The van der Waals surface area contributed by atoms with Gasteiger partial charge in [0.1, 0.15) is 48.3 Å². The number of rotatable bonds is 28. The Morgan fingerprint density at radius 1 is 0.696 bits per heavy atom. The number of aromatic amines is 1. The van der Waals surface area contributed by atoms with Crippen LogP contribution in [-0.4, -0.2) is 137 Å². The van der Waals surface area contributed by atoms with Gasteiger partial charge in [-0.3, -0.25) is 43.2 Å². The van der Waals surface area contributed by atoms with Crippen molar-refractivity contribution in [2.24, 2.45) is 29.0 Å². The first-order valence-electron chi connectivity index (χ1n) is 23.7. The number of fused-ring (bicyclic) bond motifs is 1. The molecule has 23 heteroatoms. The number of carbonyl (C=O) groups excluding carboxylic acids is 9. The van der Waals surface area contributed by atoms with E-state index in [9.17, 15) is 48.3 Å². The summed E-state index contributed by atoms with van der Waals surface area (Å²) in [6, 6.07) is -2.62. The number of aliphatic hydroxyl groups is 1. The fourth-order valence-electron chi connectivity index (χ4n) is 7.89. The third-order valence-corrected chi connectivity index (χ3v) is 12.7. The number of aromatic nitrogens is 1. The maximum absolute atomic E-state index is 14.2. The van der Waals surface area contributed by atoms with E-state index >= 15 is 0 Å². The number of benzene rings is 1. The van der Waals surface area contributed by atoms with E-state index in [4.69, 9.17) is 17.2 Å². The van der Waals surface area contributed by atoms with Crippen molar-refractivity contribution in [1.82, 2.24) is 47.5 Å². The van der Waals surface area contributed by atoms with E-state index < -0.39 is 114 Å². The molecule has 2 aromatic rings. The molecular weight excluding hydrogens is 913 g/mol. The Labute approximate surface area is 408 Å². The van der Waals surface area contributed by atoms with Gasteiger partial charge in [0.25, 0.3) is 0 Å². The Hall–Kier alpha value is -5.78. The van der Waals surface area contributed by atoms with Crippen LogP contribution in [0.3, 0.4) is 0 Å². The molecule has 22 nitrogen and oxygen atoms in total. The minimum Gasteiger partial charge on any atom is -0.391 e.